The minimum Gasteiger partial charge on any atom is -0.408 e. The SMILES string of the molecule is C[C@H]1CN(C(=O)C(=O)Nc2ccc3c(c2)oc(=O)n3C)CC(C)(C)O1. The molecule has 1 N–H and O–H groups in total. The zero-order chi connectivity index (χ0) is 18.4. The number of hydrogen-bond acceptors (Lipinski definition) is 5. The lowest BCUT2D eigenvalue weighted by atomic mass is 10.1. The molecule has 0 spiro atoms. The van der Waals surface area contributed by atoms with Crippen molar-refractivity contribution in [1.29, 1.82) is 0 Å². The number of aryl methyl sites for hydroxylation is 1. The Morgan fingerprint density at radius 3 is 2.72 bits per heavy atom. The first-order valence-corrected chi connectivity index (χ1v) is 8.04. The van der Waals surface area contributed by atoms with Crippen LogP contribution >= 0.6 is 0 Å². The number of amides is 2. The van der Waals surface area contributed by atoms with Crippen LogP contribution in [0.25, 0.3) is 11.1 Å². The fourth-order valence-electron chi connectivity index (χ4n) is 3.15. The first-order valence-electron chi connectivity index (χ1n) is 8.04. The van der Waals surface area contributed by atoms with Crippen molar-refractivity contribution >= 4 is 28.6 Å². The maximum Gasteiger partial charge on any atom is 0.419 e. The summed E-state index contributed by atoms with van der Waals surface area (Å²) in [6, 6.07) is 4.79. The molecule has 8 heteroatoms. The molecule has 3 rings (SSSR count). The summed E-state index contributed by atoms with van der Waals surface area (Å²) in [5.74, 6) is -1.83. The van der Waals surface area contributed by atoms with E-state index in [1.54, 1.807) is 19.2 Å². The van der Waals surface area contributed by atoms with Crippen molar-refractivity contribution in [3.05, 3.63) is 28.7 Å². The molecule has 2 amide bonds. The van der Waals surface area contributed by atoms with Crippen molar-refractivity contribution in [2.75, 3.05) is 18.4 Å². The van der Waals surface area contributed by atoms with E-state index in [-0.39, 0.29) is 6.10 Å². The highest BCUT2D eigenvalue weighted by Gasteiger charge is 2.35. The molecule has 1 aliphatic heterocycles. The maximum absolute atomic E-state index is 12.4. The van der Waals surface area contributed by atoms with Crippen molar-refractivity contribution in [3.63, 3.8) is 0 Å². The highest BCUT2D eigenvalue weighted by atomic mass is 16.5. The molecule has 8 nitrogen and oxygen atoms in total. The minimum atomic E-state index is -0.734. The van der Waals surface area contributed by atoms with Crippen LogP contribution in [0, 0.1) is 0 Å². The van der Waals surface area contributed by atoms with E-state index in [4.69, 9.17) is 9.15 Å². The molecule has 25 heavy (non-hydrogen) atoms. The van der Waals surface area contributed by atoms with Gasteiger partial charge in [-0.1, -0.05) is 0 Å². The van der Waals surface area contributed by atoms with Crippen molar-refractivity contribution in [1.82, 2.24) is 9.47 Å². The summed E-state index contributed by atoms with van der Waals surface area (Å²) in [7, 11) is 1.59. The van der Waals surface area contributed by atoms with Gasteiger partial charge in [0.1, 0.15) is 0 Å². The first-order chi connectivity index (χ1) is 11.7. The van der Waals surface area contributed by atoms with Gasteiger partial charge in [0.05, 0.1) is 17.2 Å². The fraction of sp³-hybridized carbons (Fsp3) is 0.471. The molecule has 134 valence electrons. The molecule has 1 atom stereocenters. The fourth-order valence-corrected chi connectivity index (χ4v) is 3.15. The number of benzene rings is 1. The van der Waals surface area contributed by atoms with Crippen LogP contribution in [0.1, 0.15) is 20.8 Å². The van der Waals surface area contributed by atoms with Crippen LogP contribution < -0.4 is 11.1 Å². The largest absolute Gasteiger partial charge is 0.419 e. The van der Waals surface area contributed by atoms with Gasteiger partial charge in [0.25, 0.3) is 0 Å². The number of nitrogens with one attached hydrogen (secondary N) is 1. The third-order valence-electron chi connectivity index (χ3n) is 4.10. The van der Waals surface area contributed by atoms with Crippen molar-refractivity contribution in [2.24, 2.45) is 7.05 Å². The van der Waals surface area contributed by atoms with Gasteiger partial charge in [0.15, 0.2) is 5.58 Å². The van der Waals surface area contributed by atoms with E-state index in [0.717, 1.165) is 0 Å². The van der Waals surface area contributed by atoms with Crippen LogP contribution in [-0.4, -0.2) is 46.1 Å². The zero-order valence-electron chi connectivity index (χ0n) is 14.7. The van der Waals surface area contributed by atoms with Gasteiger partial charge in [-0.05, 0) is 32.9 Å². The molecule has 0 radical (unpaired) electrons. The molecule has 2 heterocycles. The molecule has 1 fully saturated rings. The molecular formula is C17H21N3O5. The number of morpholine rings is 1. The number of fused-ring (bicyclic) bond motifs is 1. The number of oxazole rings is 1. The van der Waals surface area contributed by atoms with E-state index in [9.17, 15) is 14.4 Å². The summed E-state index contributed by atoms with van der Waals surface area (Å²) >= 11 is 0. The lowest BCUT2D eigenvalue weighted by Gasteiger charge is -2.41. The molecule has 0 bridgehead atoms. The Balaban J connectivity index is 1.75. The Kier molecular flexibility index (Phi) is 4.16. The minimum absolute atomic E-state index is 0.143. The van der Waals surface area contributed by atoms with Gasteiger partial charge in [-0.25, -0.2) is 4.79 Å². The summed E-state index contributed by atoms with van der Waals surface area (Å²) in [5, 5.41) is 2.56. The zero-order valence-corrected chi connectivity index (χ0v) is 14.7. The van der Waals surface area contributed by atoms with E-state index in [0.29, 0.717) is 29.9 Å². The predicted octanol–water partition coefficient (Wildman–Crippen LogP) is 1.10. The van der Waals surface area contributed by atoms with E-state index < -0.39 is 23.2 Å². The average Bonchev–Trinajstić information content (AvgIpc) is 2.78. The van der Waals surface area contributed by atoms with E-state index >= 15 is 0 Å². The van der Waals surface area contributed by atoms with Crippen LogP contribution in [0.15, 0.2) is 27.4 Å². The quantitative estimate of drug-likeness (QED) is 0.780. The Bertz CT molecular complexity index is 895. The Hall–Kier alpha value is -2.61. The summed E-state index contributed by atoms with van der Waals surface area (Å²) in [4.78, 5) is 37.7. The monoisotopic (exact) mass is 347 g/mol. The topological polar surface area (TPSA) is 93.8 Å². The predicted molar refractivity (Wildman–Crippen MR) is 91.3 cm³/mol. The molecule has 1 aromatic carbocycles. The summed E-state index contributed by atoms with van der Waals surface area (Å²) in [6.45, 7) is 6.33. The average molecular weight is 347 g/mol. The van der Waals surface area contributed by atoms with Crippen LogP contribution in [0.5, 0.6) is 0 Å². The highest BCUT2D eigenvalue weighted by Crippen LogP contribution is 2.22. The number of ether oxygens (including phenoxy) is 1. The summed E-state index contributed by atoms with van der Waals surface area (Å²) in [5.41, 5.74) is 0.845. The lowest BCUT2D eigenvalue weighted by Crippen LogP contribution is -2.56. The van der Waals surface area contributed by atoms with Crippen LogP contribution in [0.2, 0.25) is 0 Å². The maximum atomic E-state index is 12.4. The number of hydrogen-bond donors (Lipinski definition) is 1. The van der Waals surface area contributed by atoms with Gasteiger partial charge < -0.3 is 19.4 Å². The van der Waals surface area contributed by atoms with Crippen molar-refractivity contribution in [3.8, 4) is 0 Å². The van der Waals surface area contributed by atoms with Gasteiger partial charge >= 0.3 is 17.6 Å². The van der Waals surface area contributed by atoms with Gasteiger partial charge in [-0.3, -0.25) is 14.2 Å². The summed E-state index contributed by atoms with van der Waals surface area (Å²) < 4.78 is 12.2. The second-order valence-electron chi connectivity index (χ2n) is 6.94. The second-order valence-corrected chi connectivity index (χ2v) is 6.94. The Morgan fingerprint density at radius 1 is 1.32 bits per heavy atom. The van der Waals surface area contributed by atoms with Gasteiger partial charge in [0, 0.05) is 31.9 Å². The van der Waals surface area contributed by atoms with Crippen LogP contribution in [0.3, 0.4) is 0 Å². The number of carbonyl (C=O) groups excluding carboxylic acids is 2. The third kappa shape index (κ3) is 3.43. The number of anilines is 1. The van der Waals surface area contributed by atoms with E-state index in [2.05, 4.69) is 5.32 Å². The van der Waals surface area contributed by atoms with Gasteiger partial charge in [0.2, 0.25) is 0 Å². The molecule has 0 unspecified atom stereocenters. The molecule has 0 saturated carbocycles. The Morgan fingerprint density at radius 2 is 2.04 bits per heavy atom. The van der Waals surface area contributed by atoms with Crippen LogP contribution in [-0.2, 0) is 21.4 Å². The normalized spacial score (nSPS) is 19.8. The number of nitrogens with zero attached hydrogens (tertiary/aromatic N) is 2. The van der Waals surface area contributed by atoms with Gasteiger partial charge in [-0.2, -0.15) is 0 Å². The molecule has 2 aromatic rings. The number of carbonyl (C=O) groups is 2. The number of aromatic nitrogens is 1. The lowest BCUT2D eigenvalue weighted by molar-refractivity contribution is -0.161. The third-order valence-corrected chi connectivity index (χ3v) is 4.10. The van der Waals surface area contributed by atoms with Gasteiger partial charge in [-0.15, -0.1) is 0 Å². The first kappa shape index (κ1) is 17.2. The molecular weight excluding hydrogens is 326 g/mol. The highest BCUT2D eigenvalue weighted by molar-refractivity contribution is 6.39. The van der Waals surface area contributed by atoms with Crippen molar-refractivity contribution in [2.45, 2.75) is 32.5 Å². The molecule has 1 aliphatic rings. The molecule has 0 aliphatic carbocycles. The second kappa shape index (κ2) is 6.03. The van der Waals surface area contributed by atoms with E-state index in [1.807, 2.05) is 20.8 Å². The smallest absolute Gasteiger partial charge is 0.408 e. The molecule has 1 aromatic heterocycles. The Labute approximate surface area is 144 Å². The van der Waals surface area contributed by atoms with Crippen molar-refractivity contribution < 1.29 is 18.7 Å². The number of rotatable bonds is 1. The van der Waals surface area contributed by atoms with E-state index in [1.165, 1.54) is 15.5 Å². The standard InChI is InChI=1S/C17H21N3O5/c1-10-8-20(9-17(2,3)25-10)15(22)14(21)18-11-5-6-12-13(7-11)24-16(23)19(12)4/h5-7,10H,8-9H2,1-4H3,(H,18,21)/t10-/m0/s1. The van der Waals surface area contributed by atoms with Crippen LogP contribution in [0.4, 0.5) is 5.69 Å². The molecule has 1 saturated heterocycles. The summed E-state index contributed by atoms with van der Waals surface area (Å²) in [6.07, 6.45) is -0.143.